The number of nitrogens with one attached hydrogen (secondary N) is 1. The van der Waals surface area contributed by atoms with E-state index < -0.39 is 0 Å². The molecule has 27 heavy (non-hydrogen) atoms. The molecular formula is C19H24Cl2N4O2. The van der Waals surface area contributed by atoms with Crippen molar-refractivity contribution in [1.82, 2.24) is 20.3 Å². The minimum absolute atomic E-state index is 0.0359. The summed E-state index contributed by atoms with van der Waals surface area (Å²) < 4.78 is 5.11. The van der Waals surface area contributed by atoms with Gasteiger partial charge in [0.25, 0.3) is 0 Å². The van der Waals surface area contributed by atoms with Crippen LogP contribution < -0.4 is 5.32 Å². The second-order valence-corrected chi connectivity index (χ2v) is 7.58. The largest absolute Gasteiger partial charge is 0.361 e. The monoisotopic (exact) mass is 410 g/mol. The molecule has 1 aromatic carbocycles. The van der Waals surface area contributed by atoms with Crippen molar-refractivity contribution in [2.24, 2.45) is 0 Å². The van der Waals surface area contributed by atoms with Gasteiger partial charge in [0.15, 0.2) is 0 Å². The maximum absolute atomic E-state index is 12.2. The van der Waals surface area contributed by atoms with E-state index in [9.17, 15) is 4.79 Å². The van der Waals surface area contributed by atoms with Crippen LogP contribution in [0, 0.1) is 6.92 Å². The summed E-state index contributed by atoms with van der Waals surface area (Å²) in [6, 6.07) is 7.52. The third kappa shape index (κ3) is 5.94. The van der Waals surface area contributed by atoms with E-state index >= 15 is 0 Å². The highest BCUT2D eigenvalue weighted by atomic mass is 35.5. The van der Waals surface area contributed by atoms with E-state index in [0.717, 1.165) is 49.7 Å². The Bertz CT molecular complexity index is 773. The Labute approximate surface area is 169 Å². The maximum atomic E-state index is 12.2. The molecule has 0 radical (unpaired) electrons. The molecule has 8 heteroatoms. The van der Waals surface area contributed by atoms with Crippen LogP contribution >= 0.6 is 23.2 Å². The Kier molecular flexibility index (Phi) is 7.13. The van der Waals surface area contributed by atoms with E-state index in [2.05, 4.69) is 20.3 Å². The highest BCUT2D eigenvalue weighted by Crippen LogP contribution is 2.25. The van der Waals surface area contributed by atoms with E-state index in [1.807, 2.05) is 25.1 Å². The summed E-state index contributed by atoms with van der Waals surface area (Å²) in [4.78, 5) is 16.7. The Morgan fingerprint density at radius 1 is 1.22 bits per heavy atom. The van der Waals surface area contributed by atoms with Crippen molar-refractivity contribution in [3.05, 3.63) is 51.3 Å². The standard InChI is InChI=1S/C19H24Cl2N4O2/c1-14-11-16(23-27-14)12-24-7-9-25(10-8-24)13-18(26)22-6-5-15-3-2-4-17(20)19(15)21/h2-4,11H,5-10,12-13H2,1H3,(H,22,26). The summed E-state index contributed by atoms with van der Waals surface area (Å²) in [6.07, 6.45) is 0.663. The molecule has 0 bridgehead atoms. The molecule has 0 saturated carbocycles. The average molecular weight is 411 g/mol. The number of amides is 1. The van der Waals surface area contributed by atoms with E-state index in [-0.39, 0.29) is 5.91 Å². The van der Waals surface area contributed by atoms with Gasteiger partial charge in [0.2, 0.25) is 5.91 Å². The molecule has 2 heterocycles. The number of hydrogen-bond acceptors (Lipinski definition) is 5. The van der Waals surface area contributed by atoms with Crippen molar-refractivity contribution in [3.63, 3.8) is 0 Å². The van der Waals surface area contributed by atoms with Gasteiger partial charge in [-0.25, -0.2) is 0 Å². The lowest BCUT2D eigenvalue weighted by molar-refractivity contribution is -0.122. The molecule has 1 fully saturated rings. The molecule has 1 saturated heterocycles. The number of piperazine rings is 1. The number of benzene rings is 1. The first-order valence-corrected chi connectivity index (χ1v) is 9.83. The van der Waals surface area contributed by atoms with E-state index in [1.165, 1.54) is 0 Å². The number of carbonyl (C=O) groups is 1. The zero-order valence-electron chi connectivity index (χ0n) is 15.4. The van der Waals surface area contributed by atoms with Gasteiger partial charge in [0, 0.05) is 45.3 Å². The lowest BCUT2D eigenvalue weighted by Gasteiger charge is -2.33. The van der Waals surface area contributed by atoms with Gasteiger partial charge in [0.05, 0.1) is 22.3 Å². The number of hydrogen-bond donors (Lipinski definition) is 1. The molecular weight excluding hydrogens is 387 g/mol. The van der Waals surface area contributed by atoms with Crippen molar-refractivity contribution in [2.45, 2.75) is 19.9 Å². The number of carbonyl (C=O) groups excluding carboxylic acids is 1. The molecule has 1 N–H and O–H groups in total. The number of nitrogens with zero attached hydrogens (tertiary/aromatic N) is 3. The van der Waals surface area contributed by atoms with Crippen molar-refractivity contribution in [3.8, 4) is 0 Å². The predicted octanol–water partition coefficient (Wildman–Crippen LogP) is 2.77. The molecule has 0 spiro atoms. The molecule has 1 amide bonds. The Balaban J connectivity index is 1.35. The molecule has 0 aliphatic carbocycles. The minimum Gasteiger partial charge on any atom is -0.361 e. The fourth-order valence-corrected chi connectivity index (χ4v) is 3.58. The molecule has 146 valence electrons. The highest BCUT2D eigenvalue weighted by Gasteiger charge is 2.19. The van der Waals surface area contributed by atoms with E-state index in [1.54, 1.807) is 6.07 Å². The molecule has 2 aromatic rings. The van der Waals surface area contributed by atoms with Crippen molar-refractivity contribution in [1.29, 1.82) is 0 Å². The van der Waals surface area contributed by atoms with Crippen molar-refractivity contribution in [2.75, 3.05) is 39.3 Å². The van der Waals surface area contributed by atoms with E-state index in [4.69, 9.17) is 27.7 Å². The third-order valence-corrected chi connectivity index (χ3v) is 5.50. The van der Waals surface area contributed by atoms with Gasteiger partial charge >= 0.3 is 0 Å². The number of rotatable bonds is 7. The fourth-order valence-electron chi connectivity index (χ4n) is 3.16. The van der Waals surface area contributed by atoms with Crippen LogP contribution in [-0.2, 0) is 17.8 Å². The van der Waals surface area contributed by atoms with Gasteiger partial charge in [-0.05, 0) is 25.0 Å². The molecule has 0 atom stereocenters. The summed E-state index contributed by atoms with van der Waals surface area (Å²) in [5.41, 5.74) is 1.90. The summed E-state index contributed by atoms with van der Waals surface area (Å²) in [7, 11) is 0. The van der Waals surface area contributed by atoms with Crippen LogP contribution in [0.3, 0.4) is 0 Å². The summed E-state index contributed by atoms with van der Waals surface area (Å²) in [5.74, 6) is 0.869. The Morgan fingerprint density at radius 3 is 2.67 bits per heavy atom. The fraction of sp³-hybridized carbons (Fsp3) is 0.474. The van der Waals surface area contributed by atoms with Crippen LogP contribution in [0.25, 0.3) is 0 Å². The molecule has 6 nitrogen and oxygen atoms in total. The third-order valence-electron chi connectivity index (χ3n) is 4.64. The smallest absolute Gasteiger partial charge is 0.234 e. The lowest BCUT2D eigenvalue weighted by atomic mass is 10.1. The van der Waals surface area contributed by atoms with Crippen LogP contribution in [0.4, 0.5) is 0 Å². The second-order valence-electron chi connectivity index (χ2n) is 6.79. The summed E-state index contributed by atoms with van der Waals surface area (Å²) in [5, 5.41) is 8.10. The van der Waals surface area contributed by atoms with Gasteiger partial charge in [-0.1, -0.05) is 40.5 Å². The molecule has 1 aliphatic rings. The van der Waals surface area contributed by atoms with Gasteiger partial charge in [-0.3, -0.25) is 14.6 Å². The quantitative estimate of drug-likeness (QED) is 0.759. The van der Waals surface area contributed by atoms with Crippen LogP contribution in [0.5, 0.6) is 0 Å². The zero-order chi connectivity index (χ0) is 19.2. The van der Waals surface area contributed by atoms with Crippen molar-refractivity contribution >= 4 is 29.1 Å². The van der Waals surface area contributed by atoms with E-state index in [0.29, 0.717) is 29.6 Å². The Hall–Kier alpha value is -1.60. The first kappa shape index (κ1) is 20.1. The number of aryl methyl sites for hydroxylation is 1. The van der Waals surface area contributed by atoms with Crippen LogP contribution in [0.2, 0.25) is 10.0 Å². The minimum atomic E-state index is 0.0359. The van der Waals surface area contributed by atoms with Crippen molar-refractivity contribution < 1.29 is 9.32 Å². The average Bonchev–Trinajstić information content (AvgIpc) is 3.05. The normalized spacial score (nSPS) is 15.8. The molecule has 1 aliphatic heterocycles. The summed E-state index contributed by atoms with van der Waals surface area (Å²) in [6.45, 7) is 7.21. The zero-order valence-corrected chi connectivity index (χ0v) is 16.9. The van der Waals surface area contributed by atoms with Crippen LogP contribution in [0.1, 0.15) is 17.0 Å². The van der Waals surface area contributed by atoms with Gasteiger partial charge in [0.1, 0.15) is 5.76 Å². The Morgan fingerprint density at radius 2 is 1.96 bits per heavy atom. The lowest BCUT2D eigenvalue weighted by Crippen LogP contribution is -2.49. The topological polar surface area (TPSA) is 61.6 Å². The first-order valence-electron chi connectivity index (χ1n) is 9.08. The number of halogens is 2. The van der Waals surface area contributed by atoms with Crippen LogP contribution in [-0.4, -0.2) is 60.1 Å². The van der Waals surface area contributed by atoms with Gasteiger partial charge < -0.3 is 9.84 Å². The predicted molar refractivity (Wildman–Crippen MR) is 106 cm³/mol. The molecule has 1 aromatic heterocycles. The molecule has 0 unspecified atom stereocenters. The van der Waals surface area contributed by atoms with Gasteiger partial charge in [-0.2, -0.15) is 0 Å². The van der Waals surface area contributed by atoms with Gasteiger partial charge in [-0.15, -0.1) is 0 Å². The SMILES string of the molecule is Cc1cc(CN2CCN(CC(=O)NCCc3cccc(Cl)c3Cl)CC2)no1. The van der Waals surface area contributed by atoms with Crippen LogP contribution in [0.15, 0.2) is 28.8 Å². The molecule has 3 rings (SSSR count). The first-order chi connectivity index (χ1) is 13.0. The second kappa shape index (κ2) is 9.55. The number of aromatic nitrogens is 1. The maximum Gasteiger partial charge on any atom is 0.234 e. The summed E-state index contributed by atoms with van der Waals surface area (Å²) >= 11 is 12.2. The highest BCUT2D eigenvalue weighted by molar-refractivity contribution is 6.42.